The first-order chi connectivity index (χ1) is 8.75. The van der Waals surface area contributed by atoms with Crippen LogP contribution in [-0.4, -0.2) is 43.0 Å². The fourth-order valence-electron chi connectivity index (χ4n) is 3.01. The topological polar surface area (TPSA) is 44.4 Å². The van der Waals surface area contributed by atoms with Crippen molar-refractivity contribution in [3.05, 3.63) is 35.4 Å². The summed E-state index contributed by atoms with van der Waals surface area (Å²) in [6, 6.07) is 9.20. The lowest BCUT2D eigenvalue weighted by Gasteiger charge is -2.45. The van der Waals surface area contributed by atoms with Gasteiger partial charge < -0.3 is 10.6 Å². The van der Waals surface area contributed by atoms with E-state index in [4.69, 9.17) is 0 Å². The molecule has 0 spiro atoms. The van der Waals surface area contributed by atoms with E-state index in [0.29, 0.717) is 18.6 Å². The fraction of sp³-hybridized carbons (Fsp3) is 0.500. The molecule has 2 N–H and O–H groups in total. The van der Waals surface area contributed by atoms with Gasteiger partial charge in [0.15, 0.2) is 0 Å². The number of hydrogen-bond acceptors (Lipinski definition) is 3. The van der Waals surface area contributed by atoms with Crippen LogP contribution in [0.25, 0.3) is 0 Å². The highest BCUT2D eigenvalue weighted by molar-refractivity contribution is 5.79. The highest BCUT2D eigenvalue weighted by Gasteiger charge is 2.35. The lowest BCUT2D eigenvalue weighted by Crippen LogP contribution is -2.63. The molecule has 2 unspecified atom stereocenters. The molecular formula is C14H19N3O. The molecular weight excluding hydrogens is 226 g/mol. The maximum Gasteiger partial charge on any atom is 0.234 e. The summed E-state index contributed by atoms with van der Waals surface area (Å²) in [5.74, 6) is 0.145. The number of carbonyl (C=O) groups is 1. The quantitative estimate of drug-likeness (QED) is 0.754. The summed E-state index contributed by atoms with van der Waals surface area (Å²) in [6.07, 6.45) is 0. The van der Waals surface area contributed by atoms with Crippen molar-refractivity contribution in [2.75, 3.05) is 26.2 Å². The number of aryl methyl sites for hydroxylation is 1. The molecule has 0 bridgehead atoms. The summed E-state index contributed by atoms with van der Waals surface area (Å²) in [6.45, 7) is 5.31. The number of nitrogens with one attached hydrogen (secondary N) is 2. The van der Waals surface area contributed by atoms with Gasteiger partial charge in [-0.3, -0.25) is 9.69 Å². The Bertz CT molecular complexity index is 460. The van der Waals surface area contributed by atoms with Crippen LogP contribution in [0.1, 0.15) is 17.2 Å². The van der Waals surface area contributed by atoms with Crippen LogP contribution in [-0.2, 0) is 4.79 Å². The molecule has 2 aliphatic rings. The van der Waals surface area contributed by atoms with E-state index in [2.05, 4.69) is 46.7 Å². The molecule has 0 aliphatic carbocycles. The smallest absolute Gasteiger partial charge is 0.234 e. The standard InChI is InChI=1S/C14H19N3O/c1-10-4-2-3-5-12(10)13-8-15-6-11-7-16-14(18)9-17(11)13/h2-5,11,13,15H,6-9H2,1H3,(H,16,18). The van der Waals surface area contributed by atoms with Gasteiger partial charge in [-0.05, 0) is 18.1 Å². The Kier molecular flexibility index (Phi) is 3.06. The van der Waals surface area contributed by atoms with Gasteiger partial charge in [-0.25, -0.2) is 0 Å². The van der Waals surface area contributed by atoms with Crippen LogP contribution >= 0.6 is 0 Å². The number of carbonyl (C=O) groups excluding carboxylic acids is 1. The van der Waals surface area contributed by atoms with Crippen LogP contribution in [0.2, 0.25) is 0 Å². The minimum atomic E-state index is 0.145. The highest BCUT2D eigenvalue weighted by Crippen LogP contribution is 2.28. The Labute approximate surface area is 107 Å². The van der Waals surface area contributed by atoms with Gasteiger partial charge in [-0.1, -0.05) is 24.3 Å². The molecule has 2 fully saturated rings. The first-order valence-electron chi connectivity index (χ1n) is 6.54. The van der Waals surface area contributed by atoms with E-state index in [1.165, 1.54) is 11.1 Å². The Morgan fingerprint density at radius 2 is 2.06 bits per heavy atom. The van der Waals surface area contributed by atoms with Crippen molar-refractivity contribution in [1.29, 1.82) is 0 Å². The predicted octanol–water partition coefficient (Wildman–Crippen LogP) is 0.440. The average Bonchev–Trinajstić information content (AvgIpc) is 2.39. The van der Waals surface area contributed by atoms with Crippen LogP contribution in [0.3, 0.4) is 0 Å². The second-order valence-electron chi connectivity index (χ2n) is 5.16. The first-order valence-corrected chi connectivity index (χ1v) is 6.54. The largest absolute Gasteiger partial charge is 0.353 e. The van der Waals surface area contributed by atoms with Crippen molar-refractivity contribution in [3.8, 4) is 0 Å². The average molecular weight is 245 g/mol. The molecule has 1 aromatic carbocycles. The minimum Gasteiger partial charge on any atom is -0.353 e. The Hall–Kier alpha value is -1.39. The highest BCUT2D eigenvalue weighted by atomic mass is 16.2. The van der Waals surface area contributed by atoms with Gasteiger partial charge in [0, 0.05) is 31.7 Å². The molecule has 1 aromatic rings. The summed E-state index contributed by atoms with van der Waals surface area (Å²) in [5, 5.41) is 6.43. The summed E-state index contributed by atoms with van der Waals surface area (Å²) in [4.78, 5) is 14.0. The lowest BCUT2D eigenvalue weighted by atomic mass is 9.95. The van der Waals surface area contributed by atoms with Gasteiger partial charge in [0.25, 0.3) is 0 Å². The number of amides is 1. The number of rotatable bonds is 1. The molecule has 2 atom stereocenters. The summed E-state index contributed by atoms with van der Waals surface area (Å²) < 4.78 is 0. The van der Waals surface area contributed by atoms with Gasteiger partial charge in [0.1, 0.15) is 0 Å². The van der Waals surface area contributed by atoms with E-state index in [-0.39, 0.29) is 5.91 Å². The van der Waals surface area contributed by atoms with E-state index < -0.39 is 0 Å². The molecule has 4 heteroatoms. The van der Waals surface area contributed by atoms with Crippen LogP contribution in [0.15, 0.2) is 24.3 Å². The molecule has 0 radical (unpaired) electrons. The van der Waals surface area contributed by atoms with Gasteiger partial charge >= 0.3 is 0 Å². The van der Waals surface area contributed by atoms with Crippen molar-refractivity contribution >= 4 is 5.91 Å². The van der Waals surface area contributed by atoms with Crippen LogP contribution in [0, 0.1) is 6.92 Å². The summed E-state index contributed by atoms with van der Waals surface area (Å²) in [7, 11) is 0. The van der Waals surface area contributed by atoms with Crippen LogP contribution < -0.4 is 10.6 Å². The maximum atomic E-state index is 11.6. The normalized spacial score (nSPS) is 28.6. The molecule has 4 nitrogen and oxygen atoms in total. The van der Waals surface area contributed by atoms with E-state index in [1.807, 2.05) is 0 Å². The lowest BCUT2D eigenvalue weighted by molar-refractivity contribution is -0.127. The number of piperazine rings is 2. The van der Waals surface area contributed by atoms with Crippen LogP contribution in [0.5, 0.6) is 0 Å². The van der Waals surface area contributed by atoms with E-state index in [9.17, 15) is 4.79 Å². The molecule has 3 rings (SSSR count). The van der Waals surface area contributed by atoms with Gasteiger partial charge in [-0.2, -0.15) is 0 Å². The molecule has 0 saturated carbocycles. The number of hydrogen-bond donors (Lipinski definition) is 2. The van der Waals surface area contributed by atoms with Crippen molar-refractivity contribution in [1.82, 2.24) is 15.5 Å². The van der Waals surface area contributed by atoms with Crippen molar-refractivity contribution in [3.63, 3.8) is 0 Å². The second-order valence-corrected chi connectivity index (χ2v) is 5.16. The van der Waals surface area contributed by atoms with E-state index >= 15 is 0 Å². The SMILES string of the molecule is Cc1ccccc1C1CNCC2CNC(=O)CN21. The van der Waals surface area contributed by atoms with Gasteiger partial charge in [0.2, 0.25) is 5.91 Å². The maximum absolute atomic E-state index is 11.6. The first kappa shape index (κ1) is 11.7. The Morgan fingerprint density at radius 1 is 1.22 bits per heavy atom. The molecule has 2 heterocycles. The van der Waals surface area contributed by atoms with Crippen molar-refractivity contribution < 1.29 is 4.79 Å². The summed E-state index contributed by atoms with van der Waals surface area (Å²) in [5.41, 5.74) is 2.64. The zero-order valence-electron chi connectivity index (χ0n) is 10.6. The molecule has 0 aromatic heterocycles. The molecule has 2 aliphatic heterocycles. The molecule has 2 saturated heterocycles. The zero-order valence-corrected chi connectivity index (χ0v) is 10.6. The monoisotopic (exact) mass is 245 g/mol. The van der Waals surface area contributed by atoms with Crippen molar-refractivity contribution in [2.24, 2.45) is 0 Å². The molecule has 1 amide bonds. The third kappa shape index (κ3) is 2.02. The minimum absolute atomic E-state index is 0.145. The number of fused-ring (bicyclic) bond motifs is 1. The zero-order chi connectivity index (χ0) is 12.5. The van der Waals surface area contributed by atoms with Gasteiger partial charge in [0.05, 0.1) is 6.54 Å². The predicted molar refractivity (Wildman–Crippen MR) is 70.3 cm³/mol. The van der Waals surface area contributed by atoms with Crippen LogP contribution in [0.4, 0.5) is 0 Å². The Morgan fingerprint density at radius 3 is 2.89 bits per heavy atom. The van der Waals surface area contributed by atoms with Gasteiger partial charge in [-0.15, -0.1) is 0 Å². The van der Waals surface area contributed by atoms with E-state index in [1.54, 1.807) is 0 Å². The van der Waals surface area contributed by atoms with Crippen molar-refractivity contribution in [2.45, 2.75) is 19.0 Å². The molecule has 96 valence electrons. The third-order valence-electron chi connectivity index (χ3n) is 4.00. The Balaban J connectivity index is 1.90. The fourth-order valence-corrected chi connectivity index (χ4v) is 3.01. The van der Waals surface area contributed by atoms with E-state index in [0.717, 1.165) is 19.6 Å². The second kappa shape index (κ2) is 4.71. The number of nitrogens with zero attached hydrogens (tertiary/aromatic N) is 1. The molecule has 18 heavy (non-hydrogen) atoms. The third-order valence-corrected chi connectivity index (χ3v) is 4.00. The summed E-state index contributed by atoms with van der Waals surface area (Å²) >= 11 is 0. The number of benzene rings is 1.